The molecule has 0 saturated heterocycles. The number of benzene rings is 2. The molecule has 0 unspecified atom stereocenters. The number of carbonyl (C=O) groups is 2. The van der Waals surface area contributed by atoms with Gasteiger partial charge in [0.05, 0.1) is 17.7 Å². The normalized spacial score (nSPS) is 12.7. The molecule has 0 radical (unpaired) electrons. The molecule has 31 heavy (non-hydrogen) atoms. The smallest absolute Gasteiger partial charge is 0.244 e. The Labute approximate surface area is 183 Å². The Balaban J connectivity index is 2.16. The van der Waals surface area contributed by atoms with E-state index in [-0.39, 0.29) is 30.5 Å². The van der Waals surface area contributed by atoms with Crippen molar-refractivity contribution in [1.29, 1.82) is 5.26 Å². The monoisotopic (exact) mass is 420 g/mol. The molecule has 2 aromatic carbocycles. The Hall–Kier alpha value is -3.63. The fraction of sp³-hybridized carbons (Fsp3) is 0.292. The van der Waals surface area contributed by atoms with E-state index in [1.165, 1.54) is 9.80 Å². The first-order chi connectivity index (χ1) is 14.7. The number of aromatic hydroxyl groups is 1. The summed E-state index contributed by atoms with van der Waals surface area (Å²) in [6.07, 6.45) is 3.92. The molecule has 2 amide bonds. The molecule has 0 aliphatic rings. The SMILES string of the molecule is C[C@H](C(=O)N(C)C)N(C/C=C/c1ccc(C#N)cc1)C(=O)[C@@H](N)Cc1ccc(O)cc1. The number of rotatable bonds is 8. The summed E-state index contributed by atoms with van der Waals surface area (Å²) in [5.74, 6) is -0.388. The van der Waals surface area contributed by atoms with Crippen LogP contribution in [0, 0.1) is 11.3 Å². The fourth-order valence-electron chi connectivity index (χ4n) is 3.10. The lowest BCUT2D eigenvalue weighted by atomic mass is 10.0. The summed E-state index contributed by atoms with van der Waals surface area (Å²) < 4.78 is 0. The third-order valence-corrected chi connectivity index (χ3v) is 4.91. The first kappa shape index (κ1) is 23.6. The second-order valence-corrected chi connectivity index (χ2v) is 7.51. The second-order valence-electron chi connectivity index (χ2n) is 7.51. The van der Waals surface area contributed by atoms with Crippen molar-refractivity contribution < 1.29 is 14.7 Å². The highest BCUT2D eigenvalue weighted by Gasteiger charge is 2.29. The zero-order chi connectivity index (χ0) is 23.0. The molecule has 7 nitrogen and oxygen atoms in total. The van der Waals surface area contributed by atoms with Gasteiger partial charge in [-0.15, -0.1) is 0 Å². The van der Waals surface area contributed by atoms with Gasteiger partial charge in [0.15, 0.2) is 0 Å². The Bertz CT molecular complexity index is 960. The number of nitrogens with zero attached hydrogens (tertiary/aromatic N) is 3. The minimum Gasteiger partial charge on any atom is -0.508 e. The van der Waals surface area contributed by atoms with Crippen LogP contribution in [-0.2, 0) is 16.0 Å². The molecule has 0 bridgehead atoms. The Kier molecular flexibility index (Phi) is 8.35. The van der Waals surface area contributed by atoms with Crippen molar-refractivity contribution in [2.45, 2.75) is 25.4 Å². The van der Waals surface area contributed by atoms with Gasteiger partial charge >= 0.3 is 0 Å². The predicted molar refractivity (Wildman–Crippen MR) is 120 cm³/mol. The van der Waals surface area contributed by atoms with Crippen LogP contribution in [0.3, 0.4) is 0 Å². The number of phenolic OH excluding ortho intramolecular Hbond substituents is 1. The lowest BCUT2D eigenvalue weighted by Crippen LogP contribution is -2.53. The first-order valence-electron chi connectivity index (χ1n) is 9.94. The van der Waals surface area contributed by atoms with Crippen LogP contribution >= 0.6 is 0 Å². The molecule has 3 N–H and O–H groups in total. The molecule has 0 saturated carbocycles. The molecular weight excluding hydrogens is 392 g/mol. The highest BCUT2D eigenvalue weighted by Crippen LogP contribution is 2.13. The van der Waals surface area contributed by atoms with Gasteiger partial charge in [-0.25, -0.2) is 0 Å². The maximum absolute atomic E-state index is 13.1. The lowest BCUT2D eigenvalue weighted by molar-refractivity contribution is -0.143. The molecule has 0 aromatic heterocycles. The van der Waals surface area contributed by atoms with E-state index in [9.17, 15) is 14.7 Å². The van der Waals surface area contributed by atoms with Gasteiger partial charge in [0, 0.05) is 20.6 Å². The molecule has 0 spiro atoms. The number of nitriles is 1. The van der Waals surface area contributed by atoms with E-state index in [2.05, 4.69) is 6.07 Å². The summed E-state index contributed by atoms with van der Waals surface area (Å²) in [4.78, 5) is 28.6. The third kappa shape index (κ3) is 6.69. The fourth-order valence-corrected chi connectivity index (χ4v) is 3.10. The van der Waals surface area contributed by atoms with Crippen molar-refractivity contribution in [3.05, 3.63) is 71.3 Å². The van der Waals surface area contributed by atoms with Gasteiger partial charge in [0.1, 0.15) is 11.8 Å². The average Bonchev–Trinajstić information content (AvgIpc) is 2.77. The first-order valence-corrected chi connectivity index (χ1v) is 9.94. The van der Waals surface area contributed by atoms with Crippen molar-refractivity contribution in [2.24, 2.45) is 5.73 Å². The van der Waals surface area contributed by atoms with Crippen LogP contribution in [-0.4, -0.2) is 59.4 Å². The summed E-state index contributed by atoms with van der Waals surface area (Å²) in [6.45, 7) is 1.89. The minimum absolute atomic E-state index is 0.142. The number of hydrogen-bond acceptors (Lipinski definition) is 5. The zero-order valence-electron chi connectivity index (χ0n) is 18.0. The van der Waals surface area contributed by atoms with Gasteiger partial charge in [-0.05, 0) is 48.7 Å². The van der Waals surface area contributed by atoms with Crippen molar-refractivity contribution in [1.82, 2.24) is 9.80 Å². The van der Waals surface area contributed by atoms with E-state index >= 15 is 0 Å². The van der Waals surface area contributed by atoms with Crippen molar-refractivity contribution in [3.63, 3.8) is 0 Å². The summed E-state index contributed by atoms with van der Waals surface area (Å²) in [6, 6.07) is 14.1. The largest absolute Gasteiger partial charge is 0.508 e. The number of nitrogens with two attached hydrogens (primary N) is 1. The number of carbonyl (C=O) groups excluding carboxylic acids is 2. The molecule has 0 heterocycles. The quantitative estimate of drug-likeness (QED) is 0.680. The van der Waals surface area contributed by atoms with Crippen molar-refractivity contribution in [2.75, 3.05) is 20.6 Å². The van der Waals surface area contributed by atoms with E-state index in [0.717, 1.165) is 11.1 Å². The van der Waals surface area contributed by atoms with E-state index in [0.29, 0.717) is 5.56 Å². The molecule has 162 valence electrons. The minimum atomic E-state index is -0.828. The number of likely N-dealkylation sites (N-methyl/N-ethyl adjacent to an activating group) is 1. The van der Waals surface area contributed by atoms with Crippen LogP contribution in [0.15, 0.2) is 54.6 Å². The highest BCUT2D eigenvalue weighted by atomic mass is 16.3. The van der Waals surface area contributed by atoms with E-state index in [1.54, 1.807) is 63.5 Å². The highest BCUT2D eigenvalue weighted by molar-refractivity contribution is 5.89. The summed E-state index contributed by atoms with van der Waals surface area (Å²) >= 11 is 0. The van der Waals surface area contributed by atoms with E-state index in [1.807, 2.05) is 18.2 Å². The Morgan fingerprint density at radius 2 is 1.71 bits per heavy atom. The van der Waals surface area contributed by atoms with Gasteiger partial charge in [-0.3, -0.25) is 9.59 Å². The molecule has 2 aromatic rings. The van der Waals surface area contributed by atoms with Gasteiger partial charge in [-0.2, -0.15) is 5.26 Å². The Morgan fingerprint density at radius 3 is 2.26 bits per heavy atom. The molecule has 0 fully saturated rings. The molecule has 2 atom stereocenters. The van der Waals surface area contributed by atoms with Crippen LogP contribution in [0.1, 0.15) is 23.6 Å². The summed E-state index contributed by atoms with van der Waals surface area (Å²) in [5, 5.41) is 18.3. The van der Waals surface area contributed by atoms with Crippen LogP contribution in [0.4, 0.5) is 0 Å². The number of amides is 2. The molecule has 7 heteroatoms. The van der Waals surface area contributed by atoms with Crippen LogP contribution in [0.5, 0.6) is 5.75 Å². The second kappa shape index (κ2) is 11.0. The standard InChI is InChI=1S/C24H28N4O3/c1-17(23(30)27(2)3)28(14-4-5-18-6-8-20(16-25)9-7-18)24(31)22(26)15-19-10-12-21(29)13-11-19/h4-13,17,22,29H,14-15,26H2,1-3H3/b5-4+/t17-,22+/m1/s1. The van der Waals surface area contributed by atoms with Gasteiger partial charge < -0.3 is 20.6 Å². The average molecular weight is 421 g/mol. The molecule has 0 aliphatic carbocycles. The third-order valence-electron chi connectivity index (χ3n) is 4.91. The zero-order valence-corrected chi connectivity index (χ0v) is 18.0. The predicted octanol–water partition coefficient (Wildman–Crippen LogP) is 2.15. The maximum Gasteiger partial charge on any atom is 0.244 e. The number of hydrogen-bond donors (Lipinski definition) is 2. The van der Waals surface area contributed by atoms with Gasteiger partial charge in [0.25, 0.3) is 0 Å². The lowest BCUT2D eigenvalue weighted by Gasteiger charge is -2.31. The van der Waals surface area contributed by atoms with Crippen LogP contribution in [0.2, 0.25) is 0 Å². The summed E-state index contributed by atoms with van der Waals surface area (Å²) in [5.41, 5.74) is 8.45. The maximum atomic E-state index is 13.1. The van der Waals surface area contributed by atoms with Crippen molar-refractivity contribution >= 4 is 17.9 Å². The topological polar surface area (TPSA) is 111 Å². The number of phenols is 1. The van der Waals surface area contributed by atoms with Crippen LogP contribution in [0.25, 0.3) is 6.08 Å². The van der Waals surface area contributed by atoms with E-state index in [4.69, 9.17) is 11.0 Å². The van der Waals surface area contributed by atoms with Crippen LogP contribution < -0.4 is 5.73 Å². The van der Waals surface area contributed by atoms with Gasteiger partial charge in [0.2, 0.25) is 11.8 Å². The van der Waals surface area contributed by atoms with Crippen molar-refractivity contribution in [3.8, 4) is 11.8 Å². The van der Waals surface area contributed by atoms with Gasteiger partial charge in [-0.1, -0.05) is 36.4 Å². The molecular formula is C24H28N4O3. The summed E-state index contributed by atoms with van der Waals surface area (Å²) in [7, 11) is 3.29. The molecule has 0 aliphatic heterocycles. The van der Waals surface area contributed by atoms with E-state index < -0.39 is 12.1 Å². The Morgan fingerprint density at radius 1 is 1.10 bits per heavy atom. The molecule has 2 rings (SSSR count).